The maximum Gasteiger partial charge on any atom is 0.166 e. The SMILES string of the molecule is OC1C(Cl)CC2C1C1(Cl)C(Cl)=C(Cl)[C@@]2(Cl)C1(Cl)Cl. The van der Waals surface area contributed by atoms with Crippen molar-refractivity contribution in [2.24, 2.45) is 11.8 Å². The van der Waals surface area contributed by atoms with Crippen molar-refractivity contribution in [3.8, 4) is 0 Å². The first kappa shape index (κ1) is 14.7. The Kier molecular flexibility index (Phi) is 3.20. The molecule has 2 bridgehead atoms. The molecule has 2 saturated carbocycles. The molecule has 5 unspecified atom stereocenters. The van der Waals surface area contributed by atoms with E-state index in [2.05, 4.69) is 0 Å². The zero-order valence-corrected chi connectivity index (χ0v) is 13.9. The fourth-order valence-electron chi connectivity index (χ4n) is 3.53. The van der Waals surface area contributed by atoms with Crippen molar-refractivity contribution in [3.63, 3.8) is 0 Å². The number of allylic oxidation sites excluding steroid dienone is 2. The van der Waals surface area contributed by atoms with Gasteiger partial charge in [0, 0.05) is 5.92 Å². The standard InChI is InChI=1S/C10H7Cl7O/c11-3-1-2-4(5(3)18)9(15)7(13)6(12)8(2,14)10(9,16)17/h2-5,18H,1H2/t2?,3?,4?,5?,8-,9?/m1/s1. The number of hydrogen-bond acceptors (Lipinski definition) is 1. The topological polar surface area (TPSA) is 20.2 Å². The van der Waals surface area contributed by atoms with Gasteiger partial charge in [-0.3, -0.25) is 0 Å². The number of aliphatic hydroxyl groups is 1. The summed E-state index contributed by atoms with van der Waals surface area (Å²) in [7, 11) is 0. The Balaban J connectivity index is 2.26. The van der Waals surface area contributed by atoms with E-state index in [1.807, 2.05) is 0 Å². The van der Waals surface area contributed by atoms with Crippen LogP contribution in [-0.2, 0) is 0 Å². The van der Waals surface area contributed by atoms with E-state index < -0.39 is 31.5 Å². The number of halogens is 7. The molecule has 1 nitrogen and oxygen atoms in total. The summed E-state index contributed by atoms with van der Waals surface area (Å²) in [5.74, 6) is -0.816. The molecule has 0 aromatic heterocycles. The first-order chi connectivity index (χ1) is 8.11. The molecular formula is C10H7Cl7O. The van der Waals surface area contributed by atoms with Crippen molar-refractivity contribution >= 4 is 81.2 Å². The third-order valence-corrected chi connectivity index (χ3v) is 9.12. The van der Waals surface area contributed by atoms with Gasteiger partial charge in [-0.1, -0.05) is 46.4 Å². The molecule has 3 aliphatic carbocycles. The van der Waals surface area contributed by atoms with Gasteiger partial charge in [0.25, 0.3) is 0 Å². The fourth-order valence-corrected chi connectivity index (χ4v) is 6.96. The van der Waals surface area contributed by atoms with Crippen molar-refractivity contribution in [3.05, 3.63) is 10.1 Å². The average molecular weight is 391 g/mol. The Morgan fingerprint density at radius 1 is 1.00 bits per heavy atom. The minimum atomic E-state index is -1.58. The van der Waals surface area contributed by atoms with Crippen LogP contribution in [0.2, 0.25) is 0 Å². The van der Waals surface area contributed by atoms with E-state index in [0.717, 1.165) is 0 Å². The van der Waals surface area contributed by atoms with Gasteiger partial charge in [-0.05, 0) is 12.3 Å². The molecule has 0 saturated heterocycles. The van der Waals surface area contributed by atoms with Crippen LogP contribution >= 0.6 is 81.2 Å². The highest BCUT2D eigenvalue weighted by Crippen LogP contribution is 2.79. The Morgan fingerprint density at radius 3 is 2.06 bits per heavy atom. The lowest BCUT2D eigenvalue weighted by atomic mass is 9.84. The second-order valence-electron chi connectivity index (χ2n) is 5.00. The molecule has 18 heavy (non-hydrogen) atoms. The second-order valence-corrected chi connectivity index (χ2v) is 8.84. The van der Waals surface area contributed by atoms with E-state index in [-0.39, 0.29) is 16.0 Å². The third-order valence-electron chi connectivity index (χ3n) is 4.37. The number of fused-ring (bicyclic) bond motifs is 5. The molecule has 102 valence electrons. The Bertz CT molecular complexity index is 463. The van der Waals surface area contributed by atoms with Crippen molar-refractivity contribution in [1.29, 1.82) is 0 Å². The van der Waals surface area contributed by atoms with E-state index in [0.29, 0.717) is 6.42 Å². The molecule has 0 spiro atoms. The van der Waals surface area contributed by atoms with Crippen LogP contribution in [0.4, 0.5) is 0 Å². The van der Waals surface area contributed by atoms with Crippen LogP contribution < -0.4 is 0 Å². The summed E-state index contributed by atoms with van der Waals surface area (Å²) < 4.78 is -1.58. The van der Waals surface area contributed by atoms with Gasteiger partial charge in [0.2, 0.25) is 0 Å². The maximum absolute atomic E-state index is 10.2. The summed E-state index contributed by atoms with van der Waals surface area (Å²) in [6.45, 7) is 0. The van der Waals surface area contributed by atoms with Crippen LogP contribution in [0.15, 0.2) is 10.1 Å². The highest BCUT2D eigenvalue weighted by Gasteiger charge is 2.84. The zero-order valence-electron chi connectivity index (χ0n) is 8.61. The monoisotopic (exact) mass is 388 g/mol. The van der Waals surface area contributed by atoms with Crippen molar-refractivity contribution in [1.82, 2.24) is 0 Å². The zero-order chi connectivity index (χ0) is 13.7. The number of aliphatic hydroxyl groups excluding tert-OH is 1. The van der Waals surface area contributed by atoms with Gasteiger partial charge < -0.3 is 5.11 Å². The van der Waals surface area contributed by atoms with Crippen LogP contribution in [0.1, 0.15) is 6.42 Å². The summed E-state index contributed by atoms with van der Waals surface area (Å²) in [5.41, 5.74) is 0. The first-order valence-electron chi connectivity index (χ1n) is 5.25. The molecule has 3 rings (SSSR count). The lowest BCUT2D eigenvalue weighted by Gasteiger charge is -2.35. The lowest BCUT2D eigenvalue weighted by molar-refractivity contribution is 0.115. The molecular weight excluding hydrogens is 384 g/mol. The quantitative estimate of drug-likeness (QED) is 0.606. The van der Waals surface area contributed by atoms with E-state index in [1.54, 1.807) is 0 Å². The van der Waals surface area contributed by atoms with Crippen molar-refractivity contribution in [2.45, 2.75) is 32.0 Å². The third kappa shape index (κ3) is 1.22. The number of alkyl halides is 5. The fraction of sp³-hybridized carbons (Fsp3) is 0.800. The van der Waals surface area contributed by atoms with Gasteiger partial charge in [-0.15, -0.1) is 34.8 Å². The van der Waals surface area contributed by atoms with Gasteiger partial charge in [-0.25, -0.2) is 0 Å². The molecule has 0 heterocycles. The van der Waals surface area contributed by atoms with E-state index in [4.69, 9.17) is 81.2 Å². The second kappa shape index (κ2) is 3.93. The molecule has 6 atom stereocenters. The van der Waals surface area contributed by atoms with E-state index in [1.165, 1.54) is 0 Å². The number of rotatable bonds is 0. The molecule has 3 aliphatic rings. The van der Waals surface area contributed by atoms with Gasteiger partial charge >= 0.3 is 0 Å². The van der Waals surface area contributed by atoms with Gasteiger partial charge in [-0.2, -0.15) is 0 Å². The molecule has 1 N–H and O–H groups in total. The molecule has 0 aliphatic heterocycles. The smallest absolute Gasteiger partial charge is 0.166 e. The first-order valence-corrected chi connectivity index (χ1v) is 7.96. The van der Waals surface area contributed by atoms with Crippen LogP contribution in [0.25, 0.3) is 0 Å². The van der Waals surface area contributed by atoms with Crippen LogP contribution in [-0.4, -0.2) is 30.7 Å². The maximum atomic E-state index is 10.2. The normalized spacial score (nSPS) is 57.3. The number of hydrogen-bond donors (Lipinski definition) is 1. The minimum Gasteiger partial charge on any atom is -0.391 e. The summed E-state index contributed by atoms with van der Waals surface area (Å²) in [6.07, 6.45) is -0.433. The Morgan fingerprint density at radius 2 is 1.50 bits per heavy atom. The Hall–Kier alpha value is 1.73. The molecule has 0 aromatic carbocycles. The Labute approximate surface area is 139 Å². The van der Waals surface area contributed by atoms with Crippen molar-refractivity contribution < 1.29 is 5.11 Å². The summed E-state index contributed by atoms with van der Waals surface area (Å²) in [6, 6.07) is 0. The van der Waals surface area contributed by atoms with Crippen LogP contribution in [0.3, 0.4) is 0 Å². The largest absolute Gasteiger partial charge is 0.391 e. The minimum absolute atomic E-state index is 0.108. The van der Waals surface area contributed by atoms with E-state index in [9.17, 15) is 5.11 Å². The predicted molar refractivity (Wildman–Crippen MR) is 77.6 cm³/mol. The summed E-state index contributed by atoms with van der Waals surface area (Å²) in [4.78, 5) is -2.70. The van der Waals surface area contributed by atoms with E-state index >= 15 is 0 Å². The molecule has 0 radical (unpaired) electrons. The van der Waals surface area contributed by atoms with Crippen molar-refractivity contribution in [2.75, 3.05) is 0 Å². The van der Waals surface area contributed by atoms with Crippen LogP contribution in [0, 0.1) is 11.8 Å². The van der Waals surface area contributed by atoms with Gasteiger partial charge in [0.1, 0.15) is 9.75 Å². The highest BCUT2D eigenvalue weighted by molar-refractivity contribution is 6.65. The van der Waals surface area contributed by atoms with Crippen LogP contribution in [0.5, 0.6) is 0 Å². The highest BCUT2D eigenvalue weighted by atomic mass is 35.5. The molecule has 0 aromatic rings. The molecule has 0 amide bonds. The lowest BCUT2D eigenvalue weighted by Crippen LogP contribution is -2.47. The van der Waals surface area contributed by atoms with Gasteiger partial charge in [0.15, 0.2) is 4.33 Å². The summed E-state index contributed by atoms with van der Waals surface area (Å²) in [5, 5.41) is 9.99. The van der Waals surface area contributed by atoms with Gasteiger partial charge in [0.05, 0.1) is 21.5 Å². The predicted octanol–water partition coefficient (Wildman–Crippen LogP) is 4.44. The molecule has 2 fully saturated rings. The average Bonchev–Trinajstić information content (AvgIpc) is 2.69. The summed E-state index contributed by atoms with van der Waals surface area (Å²) >= 11 is 44.2. The molecule has 8 heteroatoms.